The van der Waals surface area contributed by atoms with E-state index < -0.39 is 13.3 Å². The second-order valence-electron chi connectivity index (χ2n) is 15.0. The van der Waals surface area contributed by atoms with Crippen molar-refractivity contribution in [3.8, 4) is 39.7 Å². The molecule has 0 spiro atoms. The van der Waals surface area contributed by atoms with Gasteiger partial charge in [0.25, 0.3) is 0 Å². The minimum atomic E-state index is -1.78. The zero-order valence-corrected chi connectivity index (χ0v) is 35.2. The fourth-order valence-corrected chi connectivity index (χ4v) is 9.22. The molecule has 8 rings (SSSR count). The Kier molecular flexibility index (Phi) is 11.3. The first-order chi connectivity index (χ1) is 24.6. The van der Waals surface area contributed by atoms with Crippen molar-refractivity contribution in [2.75, 3.05) is 0 Å². The molecule has 0 saturated heterocycles. The number of furan rings is 1. The molecule has 3 heterocycles. The summed E-state index contributed by atoms with van der Waals surface area (Å²) < 4.78 is 7.67. The van der Waals surface area contributed by atoms with Crippen molar-refractivity contribution in [1.29, 1.82) is 5.26 Å². The summed E-state index contributed by atoms with van der Waals surface area (Å²) >= 11 is -1.78. The number of rotatable bonds is 5. The van der Waals surface area contributed by atoms with Crippen molar-refractivity contribution in [2.45, 2.75) is 69.6 Å². The van der Waals surface area contributed by atoms with Crippen LogP contribution in [0.5, 0.6) is 0 Å². The van der Waals surface area contributed by atoms with Crippen LogP contribution < -0.4 is 4.40 Å². The average molecular weight is 919 g/mol. The van der Waals surface area contributed by atoms with Crippen LogP contribution in [-0.4, -0.2) is 23.2 Å². The molecular weight excluding hydrogens is 875 g/mol. The van der Waals surface area contributed by atoms with Crippen LogP contribution in [0.1, 0.15) is 60.4 Å². The number of benzene rings is 4. The summed E-state index contributed by atoms with van der Waals surface area (Å²) in [7, 11) is 0. The van der Waals surface area contributed by atoms with E-state index in [9.17, 15) is 0 Å². The Bertz CT molecular complexity index is 2400. The quantitative estimate of drug-likeness (QED) is 0.127. The maximum atomic E-state index is 8.75. The van der Waals surface area contributed by atoms with Crippen molar-refractivity contribution in [3.63, 3.8) is 0 Å². The van der Waals surface area contributed by atoms with E-state index in [1.54, 1.807) is 12.1 Å². The first kappa shape index (κ1) is 37.4. The Labute approximate surface area is 324 Å². The molecule has 0 amide bonds. The van der Waals surface area contributed by atoms with Gasteiger partial charge in [0.15, 0.2) is 0 Å². The number of aryl methyl sites for hydroxylation is 2. The number of hydrogen-bond donors (Lipinski definition) is 0. The van der Waals surface area contributed by atoms with Gasteiger partial charge in [-0.15, -0.1) is 23.8 Å². The Morgan fingerprint density at radius 1 is 0.788 bits per heavy atom. The van der Waals surface area contributed by atoms with Crippen LogP contribution in [0.2, 0.25) is 17.3 Å². The minimum Gasteiger partial charge on any atom is 0 e. The van der Waals surface area contributed by atoms with Crippen LogP contribution in [0, 0.1) is 30.4 Å². The predicted molar refractivity (Wildman–Crippen MR) is 213 cm³/mol. The number of fused-ring (bicyclic) bond motifs is 4. The monoisotopic (exact) mass is 920 g/mol. The molecule has 0 atom stereocenters. The van der Waals surface area contributed by atoms with Crippen molar-refractivity contribution in [1.82, 2.24) is 9.97 Å². The molecule has 52 heavy (non-hydrogen) atoms. The van der Waals surface area contributed by atoms with Gasteiger partial charge in [-0.2, -0.15) is 0 Å². The Balaban J connectivity index is 0.000000208. The molecule has 0 N–H and O–H groups in total. The van der Waals surface area contributed by atoms with Gasteiger partial charge >= 0.3 is 111 Å². The van der Waals surface area contributed by atoms with Gasteiger partial charge in [-0.25, -0.2) is 0 Å². The standard InChI is InChI=1S/C31H28NO.C15H15GeN2.Ir/c1-19(2)27-17-29(32-18-20(27)3)23-12-14-30-28(15-23)26-13-11-22(16-31(26)33-30)25-10-6-8-21-7-4-5-9-24(21)25;1-16(2,3)14-8-9-15(18-11-14)13-6-4-12(10-17)5-7-13;/h6,8,10-11,13-19H,4-5,7,9H2,1-3H3;4-6,8-9,11H,1-3H3;/q2*-1;. The molecule has 0 saturated carbocycles. The van der Waals surface area contributed by atoms with Crippen LogP contribution in [0.25, 0.3) is 55.6 Å². The second kappa shape index (κ2) is 15.7. The molecule has 0 fully saturated rings. The molecule has 3 aromatic heterocycles. The minimum absolute atomic E-state index is 0. The van der Waals surface area contributed by atoms with Gasteiger partial charge in [-0.05, 0) is 83.7 Å². The largest absolute Gasteiger partial charge is 0 e. The summed E-state index contributed by atoms with van der Waals surface area (Å²) in [6.45, 7) is 6.58. The SMILES string of the molecule is Cc1cnc(-c2[c-]cc3oc4cc(-c5cccc6c5CCCC6)ccc4c3c2)cc1C(C)C.[CH3][Ge]([CH3])([CH3])[c]1ccc(-c2[c-]cc(C#N)cc2)nc1.[Ir]. The number of aromatic nitrogens is 2. The molecule has 0 aliphatic heterocycles. The summed E-state index contributed by atoms with van der Waals surface area (Å²) in [5.74, 6) is 7.52. The molecule has 1 aliphatic rings. The number of hydrogen-bond acceptors (Lipinski definition) is 4. The molecule has 263 valence electrons. The van der Waals surface area contributed by atoms with Gasteiger partial charge in [0.1, 0.15) is 5.58 Å². The third-order valence-corrected chi connectivity index (χ3v) is 14.3. The Hall–Kier alpha value is -4.34. The van der Waals surface area contributed by atoms with E-state index in [2.05, 4.69) is 116 Å². The van der Waals surface area contributed by atoms with Crippen LogP contribution in [0.3, 0.4) is 0 Å². The van der Waals surface area contributed by atoms with Gasteiger partial charge in [-0.3, -0.25) is 0 Å². The van der Waals surface area contributed by atoms with E-state index in [0.717, 1.165) is 44.5 Å². The summed E-state index contributed by atoms with van der Waals surface area (Å²) in [6, 6.07) is 38.0. The Morgan fingerprint density at radius 3 is 2.29 bits per heavy atom. The van der Waals surface area contributed by atoms with Gasteiger partial charge in [-0.1, -0.05) is 55.6 Å². The number of pyridine rings is 2. The number of nitriles is 1. The van der Waals surface area contributed by atoms with E-state index >= 15 is 0 Å². The number of nitrogens with zero attached hydrogens (tertiary/aromatic N) is 3. The van der Waals surface area contributed by atoms with E-state index in [0.29, 0.717) is 11.5 Å². The van der Waals surface area contributed by atoms with E-state index in [-0.39, 0.29) is 20.1 Å². The van der Waals surface area contributed by atoms with Crippen LogP contribution >= 0.6 is 0 Å². The smallest absolute Gasteiger partial charge is 0 e. The third-order valence-electron chi connectivity index (χ3n) is 10.0. The maximum absolute atomic E-state index is 8.75. The van der Waals surface area contributed by atoms with E-state index in [1.165, 1.54) is 63.5 Å². The summed E-state index contributed by atoms with van der Waals surface area (Å²) in [6.07, 6.45) is 8.90. The summed E-state index contributed by atoms with van der Waals surface area (Å²) in [5.41, 5.74) is 14.4. The first-order valence-corrected chi connectivity index (χ1v) is 25.3. The third kappa shape index (κ3) is 7.86. The van der Waals surface area contributed by atoms with Crippen LogP contribution in [0.4, 0.5) is 0 Å². The predicted octanol–water partition coefficient (Wildman–Crippen LogP) is 11.4. The summed E-state index contributed by atoms with van der Waals surface area (Å²) in [5, 5.41) is 11.0. The zero-order valence-electron chi connectivity index (χ0n) is 30.7. The van der Waals surface area contributed by atoms with E-state index in [4.69, 9.17) is 14.7 Å². The molecule has 4 nitrogen and oxygen atoms in total. The fourth-order valence-electron chi connectivity index (χ4n) is 7.05. The van der Waals surface area contributed by atoms with Gasteiger partial charge in [0, 0.05) is 31.7 Å². The fraction of sp³-hybridized carbons (Fsp3) is 0.239. The molecule has 0 unspecified atom stereocenters. The topological polar surface area (TPSA) is 62.7 Å². The van der Waals surface area contributed by atoms with Crippen LogP contribution in [0.15, 0.2) is 102 Å². The van der Waals surface area contributed by atoms with Gasteiger partial charge in [0.05, 0.1) is 5.58 Å². The summed E-state index contributed by atoms with van der Waals surface area (Å²) in [4.78, 5) is 9.20. The van der Waals surface area contributed by atoms with Crippen LogP contribution in [-0.2, 0) is 32.9 Å². The van der Waals surface area contributed by atoms with Gasteiger partial charge in [0.2, 0.25) is 0 Å². The molecule has 6 heteroatoms. The van der Waals surface area contributed by atoms with Gasteiger partial charge < -0.3 is 9.40 Å². The molecular formula is C46H43GeIrN3O-2. The van der Waals surface area contributed by atoms with Crippen molar-refractivity contribution >= 4 is 39.6 Å². The van der Waals surface area contributed by atoms with E-state index in [1.807, 2.05) is 30.6 Å². The molecule has 4 aromatic carbocycles. The Morgan fingerprint density at radius 2 is 1.58 bits per heavy atom. The van der Waals surface area contributed by atoms with Crippen molar-refractivity contribution in [2.24, 2.45) is 0 Å². The maximum Gasteiger partial charge on any atom is 0 e. The first-order valence-electron chi connectivity index (χ1n) is 17.9. The average Bonchev–Trinajstić information content (AvgIpc) is 3.52. The molecule has 0 bridgehead atoms. The normalized spacial score (nSPS) is 12.5. The van der Waals surface area contributed by atoms with Crippen molar-refractivity contribution in [3.05, 3.63) is 137 Å². The molecule has 1 aliphatic carbocycles. The zero-order chi connectivity index (χ0) is 35.7. The molecule has 7 aromatic rings. The molecule has 1 radical (unpaired) electrons. The van der Waals surface area contributed by atoms with Crippen molar-refractivity contribution < 1.29 is 24.5 Å². The second-order valence-corrected chi connectivity index (χ2v) is 25.6.